The van der Waals surface area contributed by atoms with E-state index >= 15 is 0 Å². The number of nitrogens with zero attached hydrogens (tertiary/aromatic N) is 3. The first-order chi connectivity index (χ1) is 8.56. The van der Waals surface area contributed by atoms with Crippen LogP contribution in [0.15, 0.2) is 22.8 Å². The van der Waals surface area contributed by atoms with Crippen LogP contribution in [0.4, 0.5) is 4.39 Å². The molecule has 1 aromatic heterocycles. The molecule has 0 bridgehead atoms. The lowest BCUT2D eigenvalue weighted by Crippen LogP contribution is -2.22. The van der Waals surface area contributed by atoms with Gasteiger partial charge in [-0.2, -0.15) is 0 Å². The summed E-state index contributed by atoms with van der Waals surface area (Å²) in [7, 11) is 3.49. The summed E-state index contributed by atoms with van der Waals surface area (Å²) >= 11 is 9.11. The van der Waals surface area contributed by atoms with Crippen LogP contribution in [0.2, 0.25) is 5.02 Å². The first-order valence-corrected chi connectivity index (χ1v) is 6.39. The van der Waals surface area contributed by atoms with E-state index in [0.717, 1.165) is 5.69 Å². The fraction of sp³-hybridized carbons (Fsp3) is 0.273. The zero-order chi connectivity index (χ0) is 13.3. The average Bonchev–Trinajstić information content (AvgIpc) is 2.67. The summed E-state index contributed by atoms with van der Waals surface area (Å²) in [6, 6.07) is 4.53. The largest absolute Gasteiger partial charge is 0.308 e. The van der Waals surface area contributed by atoms with Gasteiger partial charge in [0.15, 0.2) is 4.60 Å². The number of aryl methyl sites for hydroxylation is 1. The summed E-state index contributed by atoms with van der Waals surface area (Å²) in [5.41, 5.74) is 1.19. The van der Waals surface area contributed by atoms with Crippen molar-refractivity contribution in [3.8, 4) is 0 Å². The van der Waals surface area contributed by atoms with Gasteiger partial charge < -0.3 is 5.32 Å². The van der Waals surface area contributed by atoms with E-state index in [1.165, 1.54) is 6.07 Å². The van der Waals surface area contributed by atoms with Crippen LogP contribution in [0.25, 0.3) is 0 Å². The Morgan fingerprint density at radius 3 is 2.78 bits per heavy atom. The highest BCUT2D eigenvalue weighted by Crippen LogP contribution is 2.30. The van der Waals surface area contributed by atoms with E-state index in [2.05, 4.69) is 31.6 Å². The highest BCUT2D eigenvalue weighted by atomic mass is 79.9. The van der Waals surface area contributed by atoms with Crippen LogP contribution in [-0.4, -0.2) is 22.0 Å². The highest BCUT2D eigenvalue weighted by molar-refractivity contribution is 9.10. The van der Waals surface area contributed by atoms with Gasteiger partial charge >= 0.3 is 0 Å². The zero-order valence-corrected chi connectivity index (χ0v) is 12.1. The number of aromatic nitrogens is 3. The van der Waals surface area contributed by atoms with Gasteiger partial charge in [0.05, 0.1) is 16.8 Å². The molecule has 1 heterocycles. The second-order valence-electron chi connectivity index (χ2n) is 3.75. The van der Waals surface area contributed by atoms with Gasteiger partial charge in [-0.15, -0.1) is 5.10 Å². The van der Waals surface area contributed by atoms with E-state index in [4.69, 9.17) is 11.6 Å². The monoisotopic (exact) mass is 332 g/mol. The van der Waals surface area contributed by atoms with Gasteiger partial charge in [-0.05, 0) is 29.0 Å². The number of rotatable bonds is 3. The van der Waals surface area contributed by atoms with Crippen molar-refractivity contribution in [1.29, 1.82) is 0 Å². The summed E-state index contributed by atoms with van der Waals surface area (Å²) in [6.45, 7) is 0. The molecule has 1 N–H and O–H groups in total. The molecule has 0 fully saturated rings. The van der Waals surface area contributed by atoms with Crippen LogP contribution in [0.1, 0.15) is 17.3 Å². The predicted molar refractivity (Wildman–Crippen MR) is 71.0 cm³/mol. The van der Waals surface area contributed by atoms with Crippen molar-refractivity contribution in [3.63, 3.8) is 0 Å². The molecular weight excluding hydrogens is 323 g/mol. The molecular formula is C11H11BrClFN4. The maximum absolute atomic E-state index is 14.1. The minimum atomic E-state index is -0.438. The van der Waals surface area contributed by atoms with Crippen molar-refractivity contribution in [2.75, 3.05) is 7.05 Å². The van der Waals surface area contributed by atoms with Crippen molar-refractivity contribution in [2.45, 2.75) is 6.04 Å². The molecule has 0 spiro atoms. The van der Waals surface area contributed by atoms with Crippen LogP contribution in [-0.2, 0) is 7.05 Å². The molecule has 7 heteroatoms. The maximum atomic E-state index is 14.1. The van der Waals surface area contributed by atoms with Crippen LogP contribution in [0, 0.1) is 5.82 Å². The number of hydrogen-bond donors (Lipinski definition) is 1. The number of hydrogen-bond acceptors (Lipinski definition) is 3. The molecule has 0 radical (unpaired) electrons. The Morgan fingerprint density at radius 1 is 1.50 bits per heavy atom. The highest BCUT2D eigenvalue weighted by Gasteiger charge is 2.23. The average molecular weight is 334 g/mol. The summed E-state index contributed by atoms with van der Waals surface area (Å²) < 4.78 is 16.2. The lowest BCUT2D eigenvalue weighted by atomic mass is 10.0. The standard InChI is InChI=1S/C11H11BrClFN4/c1-15-9(10-11(12)16-17-18(10)2)6-4-3-5-7(13)8(6)14/h3-5,9,15H,1-2H3. The third-order valence-electron chi connectivity index (χ3n) is 2.68. The number of halogens is 3. The summed E-state index contributed by atoms with van der Waals surface area (Å²) in [5, 5.41) is 10.9. The molecule has 0 saturated carbocycles. The fourth-order valence-electron chi connectivity index (χ4n) is 1.83. The minimum absolute atomic E-state index is 0.0963. The van der Waals surface area contributed by atoms with Crippen LogP contribution in [0.3, 0.4) is 0 Å². The predicted octanol–water partition coefficient (Wildman–Crippen LogP) is 2.68. The molecule has 0 aliphatic rings. The van der Waals surface area contributed by atoms with Crippen LogP contribution in [0.5, 0.6) is 0 Å². The number of benzene rings is 1. The zero-order valence-electron chi connectivity index (χ0n) is 9.78. The molecule has 2 aromatic rings. The Morgan fingerprint density at radius 2 is 2.22 bits per heavy atom. The molecule has 18 heavy (non-hydrogen) atoms. The normalized spacial score (nSPS) is 12.7. The van der Waals surface area contributed by atoms with Gasteiger partial charge in [-0.3, -0.25) is 0 Å². The van der Waals surface area contributed by atoms with E-state index in [0.29, 0.717) is 10.2 Å². The molecule has 96 valence electrons. The summed E-state index contributed by atoms with van der Waals surface area (Å²) in [5.74, 6) is -0.438. The van der Waals surface area contributed by atoms with E-state index in [-0.39, 0.29) is 11.1 Å². The molecule has 0 saturated heterocycles. The Kier molecular flexibility index (Phi) is 3.99. The van der Waals surface area contributed by atoms with Crippen molar-refractivity contribution in [1.82, 2.24) is 20.3 Å². The van der Waals surface area contributed by atoms with E-state index in [9.17, 15) is 4.39 Å². The van der Waals surface area contributed by atoms with Crippen LogP contribution >= 0.6 is 27.5 Å². The van der Waals surface area contributed by atoms with Crippen molar-refractivity contribution < 1.29 is 4.39 Å². The van der Waals surface area contributed by atoms with Gasteiger partial charge in [0.2, 0.25) is 0 Å². The smallest absolute Gasteiger partial charge is 0.153 e. The molecule has 0 aliphatic heterocycles. The molecule has 0 aliphatic carbocycles. The molecule has 4 nitrogen and oxygen atoms in total. The fourth-order valence-corrected chi connectivity index (χ4v) is 2.57. The van der Waals surface area contributed by atoms with Crippen LogP contribution < -0.4 is 5.32 Å². The van der Waals surface area contributed by atoms with Crippen molar-refractivity contribution in [3.05, 3.63) is 44.9 Å². The topological polar surface area (TPSA) is 42.7 Å². The van der Waals surface area contributed by atoms with Crippen molar-refractivity contribution in [2.24, 2.45) is 7.05 Å². The van der Waals surface area contributed by atoms with Crippen molar-refractivity contribution >= 4 is 27.5 Å². The quantitative estimate of drug-likeness (QED) is 0.939. The Labute approximate surface area is 117 Å². The second kappa shape index (κ2) is 5.34. The lowest BCUT2D eigenvalue weighted by Gasteiger charge is -2.18. The maximum Gasteiger partial charge on any atom is 0.153 e. The SMILES string of the molecule is CNC(c1cccc(Cl)c1F)c1c(Br)nnn1C. The third kappa shape index (κ3) is 2.28. The molecule has 0 amide bonds. The first kappa shape index (κ1) is 13.5. The van der Waals surface area contributed by atoms with E-state index in [1.807, 2.05) is 0 Å². The molecule has 1 unspecified atom stereocenters. The Balaban J connectivity index is 2.56. The van der Waals surface area contributed by atoms with E-state index < -0.39 is 5.82 Å². The van der Waals surface area contributed by atoms with Gasteiger partial charge in [-0.25, -0.2) is 9.07 Å². The summed E-state index contributed by atoms with van der Waals surface area (Å²) in [4.78, 5) is 0. The Hall–Kier alpha value is -0.980. The third-order valence-corrected chi connectivity index (χ3v) is 3.54. The summed E-state index contributed by atoms with van der Waals surface area (Å²) in [6.07, 6.45) is 0. The minimum Gasteiger partial charge on any atom is -0.308 e. The lowest BCUT2D eigenvalue weighted by molar-refractivity contribution is 0.549. The van der Waals surface area contributed by atoms with E-state index in [1.54, 1.807) is 30.9 Å². The second-order valence-corrected chi connectivity index (χ2v) is 4.91. The molecule has 2 rings (SSSR count). The van der Waals surface area contributed by atoms with Gasteiger partial charge in [0.25, 0.3) is 0 Å². The molecule has 1 aromatic carbocycles. The van der Waals surface area contributed by atoms with Gasteiger partial charge in [0, 0.05) is 12.6 Å². The van der Waals surface area contributed by atoms with Gasteiger partial charge in [-0.1, -0.05) is 28.9 Å². The Bertz CT molecular complexity index is 553. The van der Waals surface area contributed by atoms with Gasteiger partial charge in [0.1, 0.15) is 5.82 Å². The molecule has 1 atom stereocenters. The number of nitrogens with one attached hydrogen (secondary N) is 1. The first-order valence-electron chi connectivity index (χ1n) is 5.22.